The molecule has 0 radical (unpaired) electrons. The molecule has 1 aromatic heterocycles. The topological polar surface area (TPSA) is 66.5 Å². The van der Waals surface area contributed by atoms with Gasteiger partial charge in [-0.3, -0.25) is 14.5 Å². The van der Waals surface area contributed by atoms with E-state index in [2.05, 4.69) is 5.32 Å². The van der Waals surface area contributed by atoms with Gasteiger partial charge in [0.2, 0.25) is 0 Å². The van der Waals surface area contributed by atoms with Crippen LogP contribution in [0.15, 0.2) is 41.8 Å². The number of carbonyl (C=O) groups is 3. The molecule has 23 heavy (non-hydrogen) atoms. The van der Waals surface area contributed by atoms with Gasteiger partial charge >= 0.3 is 6.03 Å². The summed E-state index contributed by atoms with van der Waals surface area (Å²) in [6.07, 6.45) is 0. The Hall–Kier alpha value is -2.18. The van der Waals surface area contributed by atoms with E-state index in [4.69, 9.17) is 11.6 Å². The molecule has 3 rings (SSSR count). The van der Waals surface area contributed by atoms with Crippen LogP contribution in [0.4, 0.5) is 4.79 Å². The van der Waals surface area contributed by atoms with Crippen LogP contribution in [0, 0.1) is 0 Å². The Bertz CT molecular complexity index is 790. The van der Waals surface area contributed by atoms with Gasteiger partial charge < -0.3 is 5.32 Å². The number of amides is 3. The van der Waals surface area contributed by atoms with E-state index in [0.717, 1.165) is 4.90 Å². The SMILES string of the molecule is C[C@]1(c2ccccc2Cl)NC(=O)N(CC(=O)c2cccs2)C1=O. The van der Waals surface area contributed by atoms with Gasteiger partial charge in [-0.1, -0.05) is 35.9 Å². The molecule has 2 aromatic rings. The lowest BCUT2D eigenvalue weighted by atomic mass is 9.92. The van der Waals surface area contributed by atoms with E-state index in [1.54, 1.807) is 48.7 Å². The zero-order valence-corrected chi connectivity index (χ0v) is 13.8. The van der Waals surface area contributed by atoms with Crippen LogP contribution in [0.1, 0.15) is 22.2 Å². The first-order valence-corrected chi connectivity index (χ1v) is 8.15. The number of rotatable bonds is 4. The predicted octanol–water partition coefficient (Wildman–Crippen LogP) is 3.05. The number of nitrogens with zero attached hydrogens (tertiary/aromatic N) is 1. The van der Waals surface area contributed by atoms with Gasteiger partial charge in [-0.2, -0.15) is 0 Å². The lowest BCUT2D eigenvalue weighted by Gasteiger charge is -2.23. The minimum absolute atomic E-state index is 0.271. The van der Waals surface area contributed by atoms with Crippen molar-refractivity contribution in [1.29, 1.82) is 0 Å². The number of hydrogen-bond acceptors (Lipinski definition) is 4. The molecule has 1 aliphatic heterocycles. The Morgan fingerprint density at radius 2 is 2.00 bits per heavy atom. The van der Waals surface area contributed by atoms with Crippen LogP contribution in [0.25, 0.3) is 0 Å². The van der Waals surface area contributed by atoms with Gasteiger partial charge in [-0.05, 0) is 24.4 Å². The van der Waals surface area contributed by atoms with Gasteiger partial charge in [-0.15, -0.1) is 11.3 Å². The average molecular weight is 349 g/mol. The zero-order valence-electron chi connectivity index (χ0n) is 12.2. The number of thiophene rings is 1. The molecule has 1 aromatic carbocycles. The number of urea groups is 1. The van der Waals surface area contributed by atoms with Crippen LogP contribution in [-0.4, -0.2) is 29.2 Å². The van der Waals surface area contributed by atoms with Crippen molar-refractivity contribution in [2.45, 2.75) is 12.5 Å². The van der Waals surface area contributed by atoms with Gasteiger partial charge in [0, 0.05) is 10.6 Å². The van der Waals surface area contributed by atoms with E-state index >= 15 is 0 Å². The van der Waals surface area contributed by atoms with E-state index in [9.17, 15) is 14.4 Å². The molecule has 5 nitrogen and oxygen atoms in total. The van der Waals surface area contributed by atoms with Crippen LogP contribution in [0.2, 0.25) is 5.02 Å². The maximum absolute atomic E-state index is 12.7. The highest BCUT2D eigenvalue weighted by atomic mass is 35.5. The highest BCUT2D eigenvalue weighted by Crippen LogP contribution is 2.33. The van der Waals surface area contributed by atoms with Crippen molar-refractivity contribution in [2.75, 3.05) is 6.54 Å². The third-order valence-corrected chi connectivity index (χ3v) is 5.03. The molecule has 1 atom stereocenters. The van der Waals surface area contributed by atoms with E-state index in [-0.39, 0.29) is 12.3 Å². The summed E-state index contributed by atoms with van der Waals surface area (Å²) in [6.45, 7) is 1.30. The number of benzene rings is 1. The molecule has 0 spiro atoms. The third kappa shape index (κ3) is 2.64. The van der Waals surface area contributed by atoms with Crippen molar-refractivity contribution in [3.63, 3.8) is 0 Å². The summed E-state index contributed by atoms with van der Waals surface area (Å²) in [5.74, 6) is -0.757. The summed E-state index contributed by atoms with van der Waals surface area (Å²) in [5, 5.41) is 4.80. The van der Waals surface area contributed by atoms with E-state index in [1.807, 2.05) is 0 Å². The van der Waals surface area contributed by atoms with Crippen LogP contribution < -0.4 is 5.32 Å². The second-order valence-corrected chi connectivity index (χ2v) is 6.68. The van der Waals surface area contributed by atoms with Gasteiger partial charge in [0.25, 0.3) is 5.91 Å². The number of hydrogen-bond donors (Lipinski definition) is 1. The lowest BCUT2D eigenvalue weighted by molar-refractivity contribution is -0.130. The first-order valence-electron chi connectivity index (χ1n) is 6.89. The first-order chi connectivity index (χ1) is 10.9. The van der Waals surface area contributed by atoms with E-state index in [0.29, 0.717) is 15.5 Å². The Kier molecular flexibility index (Phi) is 3.95. The summed E-state index contributed by atoms with van der Waals surface area (Å²) in [5.41, 5.74) is -0.767. The fourth-order valence-corrected chi connectivity index (χ4v) is 3.53. The van der Waals surface area contributed by atoms with Gasteiger partial charge in [0.1, 0.15) is 5.54 Å². The van der Waals surface area contributed by atoms with Crippen molar-refractivity contribution in [3.05, 3.63) is 57.2 Å². The number of carbonyl (C=O) groups excluding carboxylic acids is 3. The molecule has 1 aliphatic rings. The normalized spacial score (nSPS) is 20.7. The summed E-state index contributed by atoms with van der Waals surface area (Å²) in [6, 6.07) is 9.64. The molecule has 1 N–H and O–H groups in total. The van der Waals surface area contributed by atoms with Crippen LogP contribution in [0.5, 0.6) is 0 Å². The Morgan fingerprint density at radius 1 is 1.26 bits per heavy atom. The van der Waals surface area contributed by atoms with E-state index in [1.165, 1.54) is 11.3 Å². The quantitative estimate of drug-likeness (QED) is 0.682. The monoisotopic (exact) mass is 348 g/mol. The fourth-order valence-electron chi connectivity index (χ4n) is 2.55. The smallest absolute Gasteiger partial charge is 0.319 e. The zero-order chi connectivity index (χ0) is 16.6. The highest BCUT2D eigenvalue weighted by Gasteiger charge is 2.50. The van der Waals surface area contributed by atoms with Gasteiger partial charge in [0.15, 0.2) is 5.78 Å². The average Bonchev–Trinajstić information content (AvgIpc) is 3.12. The van der Waals surface area contributed by atoms with Crippen molar-refractivity contribution >= 4 is 40.7 Å². The summed E-state index contributed by atoms with van der Waals surface area (Å²) in [7, 11) is 0. The fraction of sp³-hybridized carbons (Fsp3) is 0.188. The molecule has 0 saturated carbocycles. The highest BCUT2D eigenvalue weighted by molar-refractivity contribution is 7.12. The van der Waals surface area contributed by atoms with E-state index < -0.39 is 17.5 Å². The summed E-state index contributed by atoms with van der Waals surface area (Å²) in [4.78, 5) is 38.5. The molecule has 3 amide bonds. The number of Topliss-reactive ketones (excluding diaryl/α,β-unsaturated/α-hetero) is 1. The van der Waals surface area contributed by atoms with Crippen LogP contribution in [0.3, 0.4) is 0 Å². The molecule has 1 fully saturated rings. The molecule has 0 aliphatic carbocycles. The maximum Gasteiger partial charge on any atom is 0.325 e. The van der Waals surface area contributed by atoms with Crippen LogP contribution >= 0.6 is 22.9 Å². The molecule has 2 heterocycles. The minimum Gasteiger partial charge on any atom is -0.319 e. The molecule has 0 bridgehead atoms. The lowest BCUT2D eigenvalue weighted by Crippen LogP contribution is -2.41. The van der Waals surface area contributed by atoms with Crippen molar-refractivity contribution in [3.8, 4) is 0 Å². The molecule has 0 unspecified atom stereocenters. The van der Waals surface area contributed by atoms with Gasteiger partial charge in [-0.25, -0.2) is 4.79 Å². The minimum atomic E-state index is -1.27. The molecular weight excluding hydrogens is 336 g/mol. The molecular formula is C16H13ClN2O3S. The van der Waals surface area contributed by atoms with Crippen molar-refractivity contribution < 1.29 is 14.4 Å². The predicted molar refractivity (Wildman–Crippen MR) is 87.7 cm³/mol. The summed E-state index contributed by atoms with van der Waals surface area (Å²) < 4.78 is 0. The molecule has 1 saturated heterocycles. The second kappa shape index (κ2) is 5.79. The van der Waals surface area contributed by atoms with Crippen molar-refractivity contribution in [1.82, 2.24) is 10.2 Å². The largest absolute Gasteiger partial charge is 0.325 e. The Labute approximate surface area is 141 Å². The first kappa shape index (κ1) is 15.7. The second-order valence-electron chi connectivity index (χ2n) is 5.33. The maximum atomic E-state index is 12.7. The van der Waals surface area contributed by atoms with Crippen LogP contribution in [-0.2, 0) is 10.3 Å². The molecule has 7 heteroatoms. The Balaban J connectivity index is 1.88. The number of ketones is 1. The summed E-state index contributed by atoms with van der Waals surface area (Å²) >= 11 is 7.43. The van der Waals surface area contributed by atoms with Crippen molar-refractivity contribution in [2.24, 2.45) is 0 Å². The molecule has 118 valence electrons. The Morgan fingerprint density at radius 3 is 2.65 bits per heavy atom. The number of nitrogens with one attached hydrogen (secondary N) is 1. The third-order valence-electron chi connectivity index (χ3n) is 3.79. The standard InChI is InChI=1S/C16H13ClN2O3S/c1-16(10-5-2-3-6-11(10)17)14(21)19(15(22)18-16)9-12(20)13-7-4-8-23-13/h2-8H,9H2,1H3,(H,18,22)/t16-/m1/s1. The van der Waals surface area contributed by atoms with Gasteiger partial charge in [0.05, 0.1) is 11.4 Å². The number of imide groups is 1. The number of halogens is 1.